The maximum atomic E-state index is 13.1. The van der Waals surface area contributed by atoms with E-state index in [1.165, 1.54) is 6.92 Å². The zero-order chi connectivity index (χ0) is 58.2. The van der Waals surface area contributed by atoms with E-state index in [9.17, 15) is 86.5 Å². The molecule has 25 nitrogen and oxygen atoms in total. The van der Waals surface area contributed by atoms with Gasteiger partial charge in [0.15, 0.2) is 31.3 Å². The van der Waals surface area contributed by atoms with E-state index < -0.39 is 211 Å². The Hall–Kier alpha value is -1.71. The molecule has 8 fully saturated rings. The van der Waals surface area contributed by atoms with Gasteiger partial charge in [0.25, 0.3) is 0 Å². The summed E-state index contributed by atoms with van der Waals surface area (Å²) in [6.07, 6.45) is -36.3. The number of carboxylic acid groups (broad SMARTS) is 1. The third-order valence-electron chi connectivity index (χ3n) is 21.8. The number of ether oxygens (including phenoxy) is 8. The first kappa shape index (κ1) is 61.8. The highest BCUT2D eigenvalue weighted by atomic mass is 16.8. The molecular formula is C54H88O25. The summed E-state index contributed by atoms with van der Waals surface area (Å²) in [4.78, 5) is 13.1. The summed E-state index contributed by atoms with van der Waals surface area (Å²) in [5.41, 5.74) is -3.17. The molecule has 454 valence electrons. The molecule has 25 heteroatoms. The minimum Gasteiger partial charge on any atom is -0.479 e. The summed E-state index contributed by atoms with van der Waals surface area (Å²) < 4.78 is 48.9. The van der Waals surface area contributed by atoms with Gasteiger partial charge in [-0.2, -0.15) is 0 Å². The molecule has 4 heterocycles. The van der Waals surface area contributed by atoms with E-state index in [0.29, 0.717) is 38.5 Å². The molecule has 16 N–H and O–H groups in total. The lowest BCUT2D eigenvalue weighted by Crippen LogP contribution is -2.71. The van der Waals surface area contributed by atoms with Crippen molar-refractivity contribution in [2.75, 3.05) is 19.8 Å². The first-order valence-electron chi connectivity index (χ1n) is 28.0. The van der Waals surface area contributed by atoms with Crippen LogP contribution in [0.25, 0.3) is 0 Å². The topological polar surface area (TPSA) is 415 Å². The Morgan fingerprint density at radius 1 is 0.582 bits per heavy atom. The third kappa shape index (κ3) is 9.61. The van der Waals surface area contributed by atoms with Crippen LogP contribution in [0.2, 0.25) is 0 Å². The van der Waals surface area contributed by atoms with Gasteiger partial charge in [0, 0.05) is 0 Å². The number of fused-ring (bicyclic) bond motifs is 7. The van der Waals surface area contributed by atoms with Crippen molar-refractivity contribution in [3.63, 3.8) is 0 Å². The van der Waals surface area contributed by atoms with Crippen molar-refractivity contribution in [1.29, 1.82) is 0 Å². The van der Waals surface area contributed by atoms with Gasteiger partial charge < -0.3 is 120 Å². The van der Waals surface area contributed by atoms with Crippen molar-refractivity contribution in [2.45, 2.75) is 248 Å². The van der Waals surface area contributed by atoms with Crippen LogP contribution < -0.4 is 0 Å². The third-order valence-corrected chi connectivity index (χ3v) is 21.8. The molecule has 79 heavy (non-hydrogen) atoms. The quantitative estimate of drug-likeness (QED) is 0.0665. The maximum Gasteiger partial charge on any atom is 0.335 e. The van der Waals surface area contributed by atoms with Crippen molar-refractivity contribution < 1.29 is 124 Å². The average molecular weight is 1140 g/mol. The zero-order valence-electron chi connectivity index (χ0n) is 46.1. The van der Waals surface area contributed by atoms with Crippen LogP contribution in [0.3, 0.4) is 0 Å². The van der Waals surface area contributed by atoms with Crippen LogP contribution in [0.4, 0.5) is 0 Å². The van der Waals surface area contributed by atoms with Gasteiger partial charge in [0.1, 0.15) is 85.5 Å². The lowest BCUT2D eigenvalue weighted by molar-refractivity contribution is -0.406. The molecular weight excluding hydrogens is 1050 g/mol. The molecule has 0 spiro atoms. The molecule has 31 atom stereocenters. The average Bonchev–Trinajstić information content (AvgIpc) is 3.40. The highest BCUT2D eigenvalue weighted by molar-refractivity contribution is 5.73. The second-order valence-electron chi connectivity index (χ2n) is 26.5. The van der Waals surface area contributed by atoms with Crippen LogP contribution in [0.15, 0.2) is 11.6 Å². The van der Waals surface area contributed by atoms with Crippen LogP contribution in [-0.2, 0) is 42.7 Å². The fourth-order valence-electron chi connectivity index (χ4n) is 16.8. The molecule has 4 aliphatic heterocycles. The predicted octanol–water partition coefficient (Wildman–Crippen LogP) is -3.53. The lowest BCUT2D eigenvalue weighted by atomic mass is 9.33. The minimum absolute atomic E-state index is 0.0325. The monoisotopic (exact) mass is 1140 g/mol. The Morgan fingerprint density at radius 2 is 1.14 bits per heavy atom. The molecule has 4 saturated heterocycles. The molecule has 0 radical (unpaired) electrons. The molecule has 9 aliphatic rings. The van der Waals surface area contributed by atoms with E-state index in [1.807, 2.05) is 27.7 Å². The minimum atomic E-state index is -2.26. The van der Waals surface area contributed by atoms with Gasteiger partial charge in [-0.1, -0.05) is 60.1 Å². The highest BCUT2D eigenvalue weighted by Crippen LogP contribution is 2.76. The summed E-state index contributed by atoms with van der Waals surface area (Å²) >= 11 is 0. The lowest BCUT2D eigenvalue weighted by Gasteiger charge is -2.72. The second-order valence-corrected chi connectivity index (χ2v) is 26.5. The van der Waals surface area contributed by atoms with Crippen molar-refractivity contribution in [3.8, 4) is 0 Å². The normalized spacial score (nSPS) is 55.3. The molecule has 0 aromatic heterocycles. The highest BCUT2D eigenvalue weighted by Gasteiger charge is 2.73. The van der Waals surface area contributed by atoms with Crippen LogP contribution >= 0.6 is 0 Å². The number of hydrogen-bond donors (Lipinski definition) is 16. The van der Waals surface area contributed by atoms with Crippen LogP contribution in [0.1, 0.15) is 100 Å². The summed E-state index contributed by atoms with van der Waals surface area (Å²) in [5.74, 6) is -2.19. The van der Waals surface area contributed by atoms with E-state index in [4.69, 9.17) is 37.9 Å². The number of aliphatic carboxylic acids is 1. The van der Waals surface area contributed by atoms with E-state index in [2.05, 4.69) is 26.8 Å². The number of carbonyl (C=O) groups is 1. The van der Waals surface area contributed by atoms with Crippen molar-refractivity contribution in [2.24, 2.45) is 50.2 Å². The summed E-state index contributed by atoms with van der Waals surface area (Å²) in [6.45, 7) is 13.6. The smallest absolute Gasteiger partial charge is 0.335 e. The molecule has 0 aromatic rings. The Morgan fingerprint density at radius 3 is 1.75 bits per heavy atom. The Kier molecular flexibility index (Phi) is 17.2. The van der Waals surface area contributed by atoms with Crippen LogP contribution in [0, 0.1) is 50.2 Å². The van der Waals surface area contributed by atoms with Gasteiger partial charge >= 0.3 is 5.97 Å². The SMILES string of the molecule is C[C@@H]1O[C@H](O[C@H]2[C@H](O[C@H]3[C@H](O)[C@@H](C(=O)O)O[C@@H](O[C@H]4CC[C@]5(C)[C@H]6CC=C7[C@@H]8CC(C)(C)[C@@H](O)[C@H](O)[C@]8(CO)[C@H](O)C[C@@]7(C)[C@]6(C)CC[C@H]5C4(C)C)[C@@H]3O[C@@H]3O[C@H](CO)[C@@H](O)[C@H](O)[C@H]3O)O[C@H](CO)[C@H](O)[C@@H]2O)[C@H](O)[C@H](O)[C@H]1O. The summed E-state index contributed by atoms with van der Waals surface area (Å²) in [5, 5.41) is 177. The zero-order valence-corrected chi connectivity index (χ0v) is 46.1. The van der Waals surface area contributed by atoms with Crippen LogP contribution in [-0.4, -0.2) is 255 Å². The summed E-state index contributed by atoms with van der Waals surface area (Å²) in [6, 6.07) is 0. The molecule has 0 unspecified atom stereocenters. The van der Waals surface area contributed by atoms with Crippen molar-refractivity contribution in [3.05, 3.63) is 11.6 Å². The van der Waals surface area contributed by atoms with Crippen molar-refractivity contribution >= 4 is 5.97 Å². The number of hydrogen-bond acceptors (Lipinski definition) is 24. The van der Waals surface area contributed by atoms with E-state index >= 15 is 0 Å². The van der Waals surface area contributed by atoms with Gasteiger partial charge in [-0.3, -0.25) is 0 Å². The van der Waals surface area contributed by atoms with Gasteiger partial charge in [-0.05, 0) is 96.7 Å². The standard InChI is InChI=1S/C54H88O25/c1-20-29(59)32(62)35(65)45(72-20)78-40-34(64)31(61)24(18-56)74-47(40)76-38-37(67)39(44(70)71)77-48(41(38)79-46-36(66)33(63)30(60)23(17-55)73-46)75-28-12-13-51(6)25(50(28,4)5)11-14-52(7)26(51)10-9-21-22-15-49(2,3)42(68)43(69)54(22,19-57)27(58)16-53(21,52)8/h9,20,22-43,45-48,55-69H,10-19H2,1-8H3,(H,70,71)/t20-,22-,23+,24+,25-,26+,27+,28-,29-,30+,31-,32+,33-,34-,35+,36+,37-,38-,39-,40+,41+,42-,43-,45+,46-,47-,48+,51-,52+,53+,54-/m0/s1. The number of rotatable bonds is 12. The van der Waals surface area contributed by atoms with E-state index in [-0.39, 0.29) is 18.3 Å². The van der Waals surface area contributed by atoms with Gasteiger partial charge in [-0.25, -0.2) is 4.79 Å². The number of allylic oxidation sites excluding steroid dienone is 2. The van der Waals surface area contributed by atoms with Crippen LogP contribution in [0.5, 0.6) is 0 Å². The molecule has 0 amide bonds. The Bertz CT molecular complexity index is 2200. The number of aliphatic hydroxyl groups excluding tert-OH is 15. The molecule has 9 rings (SSSR count). The number of carboxylic acids is 1. The summed E-state index contributed by atoms with van der Waals surface area (Å²) in [7, 11) is 0. The maximum absolute atomic E-state index is 13.1. The predicted molar refractivity (Wildman–Crippen MR) is 266 cm³/mol. The first-order chi connectivity index (χ1) is 36.8. The molecule has 5 aliphatic carbocycles. The van der Waals surface area contributed by atoms with Gasteiger partial charge in [0.05, 0.1) is 55.8 Å². The van der Waals surface area contributed by atoms with Gasteiger partial charge in [-0.15, -0.1) is 0 Å². The molecule has 0 bridgehead atoms. The Labute approximate surface area is 458 Å². The largest absolute Gasteiger partial charge is 0.479 e. The molecule has 4 saturated carbocycles. The first-order valence-corrected chi connectivity index (χ1v) is 28.0. The van der Waals surface area contributed by atoms with Gasteiger partial charge in [0.2, 0.25) is 0 Å². The second kappa shape index (κ2) is 22.0. The fourth-order valence-corrected chi connectivity index (χ4v) is 16.8. The molecule has 0 aromatic carbocycles. The fraction of sp³-hybridized carbons (Fsp3) is 0.944. The van der Waals surface area contributed by atoms with E-state index in [0.717, 1.165) is 5.57 Å². The number of aliphatic hydroxyl groups is 15. The Balaban J connectivity index is 1.05. The van der Waals surface area contributed by atoms with Crippen molar-refractivity contribution in [1.82, 2.24) is 0 Å². The van der Waals surface area contributed by atoms with E-state index in [1.54, 1.807) is 0 Å².